The molecule has 1 saturated heterocycles. The van der Waals surface area contributed by atoms with Crippen LogP contribution in [-0.2, 0) is 31.5 Å². The fourth-order valence-electron chi connectivity index (χ4n) is 4.05. The summed E-state index contributed by atoms with van der Waals surface area (Å²) < 4.78 is 17.3. The lowest BCUT2D eigenvalue weighted by Gasteiger charge is -2.32. The molecule has 2 N–H and O–H groups in total. The zero-order valence-corrected chi connectivity index (χ0v) is 23.2. The van der Waals surface area contributed by atoms with E-state index in [1.807, 2.05) is 0 Å². The van der Waals surface area contributed by atoms with Gasteiger partial charge >= 0.3 is 11.9 Å². The maximum atomic E-state index is 13.3. The van der Waals surface area contributed by atoms with Gasteiger partial charge in [0.1, 0.15) is 6.04 Å². The number of esters is 1. The van der Waals surface area contributed by atoms with Crippen LogP contribution >= 0.6 is 34.5 Å². The number of amidine groups is 1. The average Bonchev–Trinajstić information content (AvgIpc) is 3.33. The SMILES string of the molecule is CCOC(=O)C1=C(CN2CCS(=O)CC2)NC(c2nc(CCC(=O)O)cs2)=NC1c1ccc(Cl)cc1Cl. The molecule has 2 aliphatic rings. The Labute approximate surface area is 231 Å². The predicted molar refractivity (Wildman–Crippen MR) is 145 cm³/mol. The molecule has 1 aromatic heterocycles. The van der Waals surface area contributed by atoms with Crippen molar-refractivity contribution in [2.75, 3.05) is 37.7 Å². The number of carbonyl (C=O) groups excluding carboxylic acids is 1. The molecule has 0 saturated carbocycles. The molecule has 0 amide bonds. The number of hydrogen-bond acceptors (Lipinski definition) is 9. The van der Waals surface area contributed by atoms with Gasteiger partial charge in [-0.2, -0.15) is 0 Å². The molecule has 1 aromatic carbocycles. The number of aryl methyl sites for hydroxylation is 1. The number of rotatable bonds is 9. The highest BCUT2D eigenvalue weighted by Gasteiger charge is 2.35. The Morgan fingerprint density at radius 2 is 2.05 bits per heavy atom. The summed E-state index contributed by atoms with van der Waals surface area (Å²) in [7, 11) is -0.843. The topological polar surface area (TPSA) is 121 Å². The minimum atomic E-state index is -0.896. The normalized spacial score (nSPS) is 18.9. The van der Waals surface area contributed by atoms with Crippen molar-refractivity contribution >= 4 is 63.1 Å². The number of aromatic nitrogens is 1. The summed E-state index contributed by atoms with van der Waals surface area (Å²) in [5, 5.41) is 15.5. The van der Waals surface area contributed by atoms with Gasteiger partial charge in [0.05, 0.1) is 24.3 Å². The van der Waals surface area contributed by atoms with Gasteiger partial charge in [0, 0.05) is 75.0 Å². The average molecular weight is 586 g/mol. The maximum absolute atomic E-state index is 13.3. The maximum Gasteiger partial charge on any atom is 0.338 e. The Morgan fingerprint density at radius 3 is 2.73 bits per heavy atom. The molecule has 4 rings (SSSR count). The minimum Gasteiger partial charge on any atom is -0.481 e. The van der Waals surface area contributed by atoms with E-state index in [2.05, 4.69) is 15.2 Å². The molecule has 3 heterocycles. The van der Waals surface area contributed by atoms with Crippen LogP contribution in [0, 0.1) is 0 Å². The number of aliphatic imine (C=N–C) groups is 1. The first-order valence-corrected chi connectivity index (χ1v) is 14.8. The fraction of sp³-hybridized carbons (Fsp3) is 0.417. The van der Waals surface area contributed by atoms with Gasteiger partial charge in [0.15, 0.2) is 10.8 Å². The van der Waals surface area contributed by atoms with Crippen molar-refractivity contribution in [3.05, 3.63) is 61.2 Å². The Hall–Kier alpha value is -2.31. The van der Waals surface area contributed by atoms with E-state index in [1.165, 1.54) is 11.3 Å². The van der Waals surface area contributed by atoms with Crippen molar-refractivity contribution in [3.63, 3.8) is 0 Å². The number of carbonyl (C=O) groups is 2. The molecule has 9 nitrogen and oxygen atoms in total. The Morgan fingerprint density at radius 1 is 1.30 bits per heavy atom. The lowest BCUT2D eigenvalue weighted by Crippen LogP contribution is -2.44. The van der Waals surface area contributed by atoms with Crippen LogP contribution in [0.25, 0.3) is 0 Å². The number of benzene rings is 1. The third kappa shape index (κ3) is 6.97. The number of aliphatic carboxylic acids is 1. The molecule has 1 fully saturated rings. The molecule has 1 unspecified atom stereocenters. The molecule has 13 heteroatoms. The molecule has 0 radical (unpaired) electrons. The second kappa shape index (κ2) is 12.5. The Bertz CT molecular complexity index is 1270. The van der Waals surface area contributed by atoms with Gasteiger partial charge in [-0.1, -0.05) is 29.3 Å². The first-order valence-electron chi connectivity index (χ1n) is 11.7. The van der Waals surface area contributed by atoms with Crippen molar-refractivity contribution in [3.8, 4) is 0 Å². The number of ether oxygens (including phenoxy) is 1. The number of carboxylic acid groups (broad SMARTS) is 1. The second-order valence-corrected chi connectivity index (χ2v) is 11.8. The molecule has 198 valence electrons. The van der Waals surface area contributed by atoms with E-state index >= 15 is 0 Å². The number of halogens is 2. The van der Waals surface area contributed by atoms with Crippen molar-refractivity contribution in [1.29, 1.82) is 0 Å². The molecule has 2 aromatic rings. The highest BCUT2D eigenvalue weighted by molar-refractivity contribution is 7.85. The van der Waals surface area contributed by atoms with Crippen LogP contribution in [0.2, 0.25) is 10.0 Å². The molecular formula is C24H26Cl2N4O5S2. The monoisotopic (exact) mass is 584 g/mol. The lowest BCUT2D eigenvalue weighted by atomic mass is 9.95. The summed E-state index contributed by atoms with van der Waals surface area (Å²) in [5.74, 6) is 0.174. The Kier molecular flexibility index (Phi) is 9.36. The van der Waals surface area contributed by atoms with Crippen LogP contribution in [0.3, 0.4) is 0 Å². The number of nitrogens with zero attached hydrogens (tertiary/aromatic N) is 3. The van der Waals surface area contributed by atoms with Crippen LogP contribution in [0.15, 0.2) is 39.8 Å². The fourth-order valence-corrected chi connectivity index (χ4v) is 6.49. The largest absolute Gasteiger partial charge is 0.481 e. The van der Waals surface area contributed by atoms with Crippen molar-refractivity contribution < 1.29 is 23.6 Å². The standard InChI is InChI=1S/C24H26Cl2N4O5S2/c1-2-35-24(33)20-18(12-30-7-9-37(34)10-8-30)28-22(23-27-15(13-36-23)4-6-19(31)32)29-21(20)16-5-3-14(25)11-17(16)26/h3,5,11,13,21H,2,4,6-10,12H2,1H3,(H,28,29)(H,31,32). The van der Waals surface area contributed by atoms with Crippen LogP contribution in [-0.4, -0.2) is 74.7 Å². The smallest absolute Gasteiger partial charge is 0.338 e. The first-order chi connectivity index (χ1) is 17.7. The summed E-state index contributed by atoms with van der Waals surface area (Å²) in [5.41, 5.74) is 2.18. The predicted octanol–water partition coefficient (Wildman–Crippen LogP) is 3.44. The molecule has 37 heavy (non-hydrogen) atoms. The third-order valence-corrected chi connectivity index (χ3v) is 8.62. The van der Waals surface area contributed by atoms with Crippen molar-refractivity contribution in [1.82, 2.24) is 15.2 Å². The van der Waals surface area contributed by atoms with Crippen molar-refractivity contribution in [2.45, 2.75) is 25.8 Å². The first kappa shape index (κ1) is 27.7. The van der Waals surface area contributed by atoms with Crippen LogP contribution in [0.1, 0.15) is 35.7 Å². The van der Waals surface area contributed by atoms with E-state index in [1.54, 1.807) is 30.5 Å². The zero-order valence-electron chi connectivity index (χ0n) is 20.0. The lowest BCUT2D eigenvalue weighted by molar-refractivity contribution is -0.139. The Balaban J connectivity index is 1.76. The zero-order chi connectivity index (χ0) is 26.5. The van der Waals surface area contributed by atoms with Gasteiger partial charge < -0.3 is 15.2 Å². The molecule has 0 spiro atoms. The minimum absolute atomic E-state index is 0.0272. The molecule has 1 atom stereocenters. The van der Waals surface area contributed by atoms with Crippen LogP contribution in [0.4, 0.5) is 0 Å². The molecule has 0 bridgehead atoms. The summed E-state index contributed by atoms with van der Waals surface area (Å²) in [6, 6.07) is 4.25. The van der Waals surface area contributed by atoms with E-state index in [-0.39, 0.29) is 13.0 Å². The van der Waals surface area contributed by atoms with Gasteiger partial charge in [-0.25, -0.2) is 9.78 Å². The van der Waals surface area contributed by atoms with Gasteiger partial charge in [0.2, 0.25) is 0 Å². The number of nitrogens with one attached hydrogen (secondary N) is 1. The quantitative estimate of drug-likeness (QED) is 0.430. The molecule has 0 aliphatic carbocycles. The van der Waals surface area contributed by atoms with Crippen LogP contribution < -0.4 is 5.32 Å². The number of carboxylic acids is 1. The van der Waals surface area contributed by atoms with Gasteiger partial charge in [0.25, 0.3) is 0 Å². The van der Waals surface area contributed by atoms with E-state index < -0.39 is 28.8 Å². The summed E-state index contributed by atoms with van der Waals surface area (Å²) in [6.07, 6.45) is 0.272. The van der Waals surface area contributed by atoms with Crippen molar-refractivity contribution in [2.24, 2.45) is 4.99 Å². The molecule has 2 aliphatic heterocycles. The van der Waals surface area contributed by atoms with Gasteiger partial charge in [-0.3, -0.25) is 18.9 Å². The number of thiazole rings is 1. The highest BCUT2D eigenvalue weighted by atomic mass is 35.5. The van der Waals surface area contributed by atoms with Crippen LogP contribution in [0.5, 0.6) is 0 Å². The van der Waals surface area contributed by atoms with E-state index in [0.29, 0.717) is 81.0 Å². The summed E-state index contributed by atoms with van der Waals surface area (Å²) in [4.78, 5) is 35.8. The van der Waals surface area contributed by atoms with E-state index in [4.69, 9.17) is 38.0 Å². The van der Waals surface area contributed by atoms with Gasteiger partial charge in [-0.05, 0) is 19.1 Å². The second-order valence-electron chi connectivity index (χ2n) is 8.45. The van der Waals surface area contributed by atoms with Gasteiger partial charge in [-0.15, -0.1) is 11.3 Å². The number of hydrogen-bond donors (Lipinski definition) is 2. The summed E-state index contributed by atoms with van der Waals surface area (Å²) >= 11 is 14.0. The van der Waals surface area contributed by atoms with E-state index in [9.17, 15) is 13.8 Å². The third-order valence-electron chi connectivity index (χ3n) is 5.88. The highest BCUT2D eigenvalue weighted by Crippen LogP contribution is 2.37. The molecular weight excluding hydrogens is 559 g/mol. The summed E-state index contributed by atoms with van der Waals surface area (Å²) in [6.45, 7) is 3.58. The van der Waals surface area contributed by atoms with E-state index in [0.717, 1.165) is 0 Å².